The van der Waals surface area contributed by atoms with Gasteiger partial charge >= 0.3 is 12.4 Å². The molecule has 0 radical (unpaired) electrons. The van der Waals surface area contributed by atoms with Gasteiger partial charge in [-0.15, -0.1) is 0 Å². The third-order valence-corrected chi connectivity index (χ3v) is 6.33. The van der Waals surface area contributed by atoms with Crippen molar-refractivity contribution in [2.24, 2.45) is 4.99 Å². The van der Waals surface area contributed by atoms with Crippen molar-refractivity contribution < 1.29 is 31.1 Å². The summed E-state index contributed by atoms with van der Waals surface area (Å²) in [5, 5.41) is 3.53. The summed E-state index contributed by atoms with van der Waals surface area (Å²) in [6, 6.07) is 11.8. The number of nitrogens with zero attached hydrogens (tertiary/aromatic N) is 6. The summed E-state index contributed by atoms with van der Waals surface area (Å²) in [6.07, 6.45) is -3.33. The number of anilines is 1. The van der Waals surface area contributed by atoms with E-state index in [0.717, 1.165) is 22.9 Å². The standard InChI is InChI=1S/C26H20F6N6O/c1-35-15-21(16-3-5-17(6-4-16)25(27,28)29)37-14-20(33-13-23(35)37)24(39)36(2)18-7-9-19(10-8-18)38-12-11-22(34-38)26(30,31)32/h3-15,23H,1-2H3. The molecule has 0 bridgehead atoms. The van der Waals surface area contributed by atoms with Gasteiger partial charge in [-0.1, -0.05) is 12.1 Å². The Kier molecular flexibility index (Phi) is 6.24. The van der Waals surface area contributed by atoms with E-state index in [2.05, 4.69) is 10.1 Å². The molecule has 5 rings (SSSR count). The van der Waals surface area contributed by atoms with E-state index in [0.29, 0.717) is 22.6 Å². The van der Waals surface area contributed by atoms with Crippen LogP contribution < -0.4 is 4.90 Å². The maximum absolute atomic E-state index is 13.3. The van der Waals surface area contributed by atoms with Crippen LogP contribution in [-0.2, 0) is 17.1 Å². The number of likely N-dealkylation sites (N-methyl/N-ethyl adjacent to an activating group) is 1. The summed E-state index contributed by atoms with van der Waals surface area (Å²) in [6.45, 7) is 0. The monoisotopic (exact) mass is 546 g/mol. The Morgan fingerprint density at radius 3 is 2.15 bits per heavy atom. The Morgan fingerprint density at radius 1 is 0.897 bits per heavy atom. The molecule has 0 spiro atoms. The summed E-state index contributed by atoms with van der Waals surface area (Å²) in [7, 11) is 3.31. The molecule has 2 aliphatic rings. The SMILES string of the molecule is CN(C(=O)C1=CN2C(c3ccc(C(F)(F)F)cc3)=CN(C)C2C=N1)c1ccc(-n2ccc(C(F)(F)F)n2)cc1. The topological polar surface area (TPSA) is 57.0 Å². The number of aliphatic imine (C=N–C) groups is 1. The van der Waals surface area contributed by atoms with E-state index in [1.54, 1.807) is 36.5 Å². The van der Waals surface area contributed by atoms with Crippen LogP contribution in [0.3, 0.4) is 0 Å². The van der Waals surface area contributed by atoms with E-state index >= 15 is 0 Å². The van der Waals surface area contributed by atoms with E-state index in [1.807, 2.05) is 4.90 Å². The van der Waals surface area contributed by atoms with E-state index < -0.39 is 29.5 Å². The average molecular weight is 546 g/mol. The molecule has 202 valence electrons. The van der Waals surface area contributed by atoms with Gasteiger partial charge in [0.2, 0.25) is 0 Å². The Bertz CT molecular complexity index is 1480. The number of carbonyl (C=O) groups is 1. The van der Waals surface area contributed by atoms with Crippen molar-refractivity contribution in [3.63, 3.8) is 0 Å². The first kappa shape index (κ1) is 26.1. The highest BCUT2D eigenvalue weighted by Gasteiger charge is 2.35. The second-order valence-electron chi connectivity index (χ2n) is 8.89. The zero-order chi connectivity index (χ0) is 28.1. The quantitative estimate of drug-likeness (QED) is 0.413. The van der Waals surface area contributed by atoms with Gasteiger partial charge in [0.15, 0.2) is 5.69 Å². The van der Waals surface area contributed by atoms with Crippen molar-refractivity contribution >= 4 is 23.5 Å². The fourth-order valence-corrected chi connectivity index (χ4v) is 4.21. The van der Waals surface area contributed by atoms with Gasteiger partial charge in [0, 0.05) is 44.6 Å². The van der Waals surface area contributed by atoms with Gasteiger partial charge in [-0.3, -0.25) is 4.79 Å². The first-order valence-electron chi connectivity index (χ1n) is 11.5. The lowest BCUT2D eigenvalue weighted by molar-refractivity contribution is -0.141. The molecule has 1 aromatic heterocycles. The predicted octanol–water partition coefficient (Wildman–Crippen LogP) is 5.37. The molecule has 1 unspecified atom stereocenters. The number of benzene rings is 2. The molecule has 2 aliphatic heterocycles. The zero-order valence-corrected chi connectivity index (χ0v) is 20.4. The minimum absolute atomic E-state index is 0.0906. The van der Waals surface area contributed by atoms with Gasteiger partial charge in [0.1, 0.15) is 11.9 Å². The average Bonchev–Trinajstić information content (AvgIpc) is 3.53. The molecule has 39 heavy (non-hydrogen) atoms. The third kappa shape index (κ3) is 4.99. The molecule has 1 atom stereocenters. The summed E-state index contributed by atoms with van der Waals surface area (Å²) in [5.74, 6) is -0.461. The lowest BCUT2D eigenvalue weighted by Crippen LogP contribution is -2.39. The lowest BCUT2D eigenvalue weighted by atomic mass is 10.1. The summed E-state index contributed by atoms with van der Waals surface area (Å²) in [5.41, 5.74) is 0.275. The first-order valence-corrected chi connectivity index (χ1v) is 11.5. The fourth-order valence-electron chi connectivity index (χ4n) is 4.21. The molecule has 0 fully saturated rings. The van der Waals surface area contributed by atoms with Crippen molar-refractivity contribution in [1.29, 1.82) is 0 Å². The fraction of sp³-hybridized carbons (Fsp3) is 0.192. The van der Waals surface area contributed by atoms with Crippen LogP contribution in [0, 0.1) is 0 Å². The minimum Gasteiger partial charge on any atom is -0.354 e. The highest BCUT2D eigenvalue weighted by Crippen LogP contribution is 2.35. The molecule has 13 heteroatoms. The summed E-state index contributed by atoms with van der Waals surface area (Å²) in [4.78, 5) is 22.4. The zero-order valence-electron chi connectivity index (χ0n) is 20.4. The van der Waals surface area contributed by atoms with Crippen LogP contribution in [0.1, 0.15) is 16.8 Å². The number of rotatable bonds is 4. The number of amides is 1. The Labute approximate surface area is 218 Å². The molecule has 3 heterocycles. The Balaban J connectivity index is 1.34. The second-order valence-corrected chi connectivity index (χ2v) is 8.89. The molecule has 0 saturated carbocycles. The maximum Gasteiger partial charge on any atom is 0.435 e. The number of carbonyl (C=O) groups excluding carboxylic acids is 1. The van der Waals surface area contributed by atoms with Gasteiger partial charge in [-0.25, -0.2) is 9.67 Å². The highest BCUT2D eigenvalue weighted by atomic mass is 19.4. The van der Waals surface area contributed by atoms with Gasteiger partial charge < -0.3 is 14.7 Å². The van der Waals surface area contributed by atoms with Crippen molar-refractivity contribution in [1.82, 2.24) is 19.6 Å². The van der Waals surface area contributed by atoms with Crippen molar-refractivity contribution in [2.45, 2.75) is 18.5 Å². The highest BCUT2D eigenvalue weighted by molar-refractivity contribution is 6.06. The molecule has 1 amide bonds. The van der Waals surface area contributed by atoms with Crippen molar-refractivity contribution in [3.05, 3.63) is 95.7 Å². The first-order chi connectivity index (χ1) is 18.3. The number of halogens is 6. The number of alkyl halides is 6. The second kappa shape index (κ2) is 9.33. The lowest BCUT2D eigenvalue weighted by Gasteiger charge is -2.30. The number of aromatic nitrogens is 2. The van der Waals surface area contributed by atoms with E-state index in [1.165, 1.54) is 48.6 Å². The smallest absolute Gasteiger partial charge is 0.354 e. The van der Waals surface area contributed by atoms with Crippen LogP contribution in [0.2, 0.25) is 0 Å². The maximum atomic E-state index is 13.3. The van der Waals surface area contributed by atoms with Gasteiger partial charge in [0.05, 0.1) is 16.9 Å². The molecule has 0 aliphatic carbocycles. The van der Waals surface area contributed by atoms with Crippen LogP contribution in [0.4, 0.5) is 32.0 Å². The van der Waals surface area contributed by atoms with E-state index in [9.17, 15) is 31.1 Å². The van der Waals surface area contributed by atoms with Crippen molar-refractivity contribution in [3.8, 4) is 5.69 Å². The predicted molar refractivity (Wildman–Crippen MR) is 131 cm³/mol. The third-order valence-electron chi connectivity index (χ3n) is 6.33. The van der Waals surface area contributed by atoms with Crippen LogP contribution >= 0.6 is 0 Å². The van der Waals surface area contributed by atoms with Gasteiger partial charge in [-0.05, 0) is 48.0 Å². The van der Waals surface area contributed by atoms with Gasteiger partial charge in [-0.2, -0.15) is 31.4 Å². The normalized spacial score (nSPS) is 17.2. The molecular weight excluding hydrogens is 526 g/mol. The van der Waals surface area contributed by atoms with Crippen molar-refractivity contribution in [2.75, 3.05) is 19.0 Å². The summed E-state index contributed by atoms with van der Waals surface area (Å²) < 4.78 is 78.6. The van der Waals surface area contributed by atoms with Crippen LogP contribution in [0.25, 0.3) is 11.4 Å². The summed E-state index contributed by atoms with van der Waals surface area (Å²) >= 11 is 0. The van der Waals surface area contributed by atoms with E-state index in [-0.39, 0.29) is 11.9 Å². The number of hydrogen-bond donors (Lipinski definition) is 0. The van der Waals surface area contributed by atoms with Gasteiger partial charge in [0.25, 0.3) is 5.91 Å². The number of hydrogen-bond acceptors (Lipinski definition) is 5. The number of fused-ring (bicyclic) bond motifs is 1. The van der Waals surface area contributed by atoms with Crippen LogP contribution in [-0.4, -0.2) is 52.0 Å². The molecule has 2 aromatic carbocycles. The van der Waals surface area contributed by atoms with Crippen LogP contribution in [0.15, 0.2) is 83.9 Å². The molecule has 0 saturated heterocycles. The Hall–Kier alpha value is -4.55. The minimum atomic E-state index is -4.56. The molecular formula is C26H20F6N6O. The van der Waals surface area contributed by atoms with E-state index in [4.69, 9.17) is 0 Å². The Morgan fingerprint density at radius 2 is 1.56 bits per heavy atom. The molecule has 0 N–H and O–H groups in total. The van der Waals surface area contributed by atoms with Crippen LogP contribution in [0.5, 0.6) is 0 Å². The molecule has 3 aromatic rings. The molecule has 7 nitrogen and oxygen atoms in total. The largest absolute Gasteiger partial charge is 0.435 e.